The topological polar surface area (TPSA) is 30.8 Å². The van der Waals surface area contributed by atoms with Crippen molar-refractivity contribution in [3.8, 4) is 11.5 Å². The van der Waals surface area contributed by atoms with E-state index in [4.69, 9.17) is 21.1 Å². The second kappa shape index (κ2) is 8.89. The minimum absolute atomic E-state index is 0.184. The monoisotopic (exact) mass is 397 g/mol. The van der Waals surface area contributed by atoms with Crippen molar-refractivity contribution in [3.63, 3.8) is 0 Å². The number of halogens is 2. The van der Waals surface area contributed by atoms with Gasteiger partial charge < -0.3 is 9.47 Å². The summed E-state index contributed by atoms with van der Waals surface area (Å²) in [7, 11) is 1.55. The Morgan fingerprint density at radius 2 is 1.89 bits per heavy atom. The summed E-state index contributed by atoms with van der Waals surface area (Å²) in [4.78, 5) is 4.56. The number of hydrogen-bond acceptors (Lipinski definition) is 3. The Kier molecular flexibility index (Phi) is 6.32. The van der Waals surface area contributed by atoms with Crippen LogP contribution in [0.1, 0.15) is 22.3 Å². The largest absolute Gasteiger partial charge is 0.493 e. The SMILES string of the molecule is COc1cc(C=Nc2cc(C)ccc2C)cc(Cl)c1OCc1cccc(F)c1. The van der Waals surface area contributed by atoms with Gasteiger partial charge in [-0.05, 0) is 66.4 Å². The molecular formula is C23H21ClFNO2. The highest BCUT2D eigenvalue weighted by atomic mass is 35.5. The van der Waals surface area contributed by atoms with Crippen LogP contribution in [0.25, 0.3) is 0 Å². The molecule has 3 nitrogen and oxygen atoms in total. The Hall–Kier alpha value is -2.85. The lowest BCUT2D eigenvalue weighted by atomic mass is 10.1. The van der Waals surface area contributed by atoms with E-state index in [0.29, 0.717) is 22.1 Å². The van der Waals surface area contributed by atoms with Gasteiger partial charge in [-0.3, -0.25) is 4.99 Å². The van der Waals surface area contributed by atoms with Gasteiger partial charge in [0.05, 0.1) is 17.8 Å². The van der Waals surface area contributed by atoms with Crippen LogP contribution in [0.5, 0.6) is 11.5 Å². The minimum Gasteiger partial charge on any atom is -0.493 e. The van der Waals surface area contributed by atoms with Crippen LogP contribution in [-0.4, -0.2) is 13.3 Å². The number of benzene rings is 3. The fourth-order valence-electron chi connectivity index (χ4n) is 2.74. The van der Waals surface area contributed by atoms with Crippen LogP contribution in [-0.2, 0) is 6.61 Å². The van der Waals surface area contributed by atoms with Crippen molar-refractivity contribution in [2.24, 2.45) is 4.99 Å². The summed E-state index contributed by atoms with van der Waals surface area (Å²) in [6.07, 6.45) is 1.74. The molecule has 0 N–H and O–H groups in total. The first-order valence-electron chi connectivity index (χ1n) is 8.82. The molecule has 3 aromatic carbocycles. The molecule has 0 aliphatic rings. The summed E-state index contributed by atoms with van der Waals surface area (Å²) in [5.74, 6) is 0.598. The zero-order chi connectivity index (χ0) is 20.1. The van der Waals surface area contributed by atoms with Crippen LogP contribution in [0, 0.1) is 19.7 Å². The Balaban J connectivity index is 1.83. The highest BCUT2D eigenvalue weighted by Crippen LogP contribution is 2.36. The smallest absolute Gasteiger partial charge is 0.180 e. The van der Waals surface area contributed by atoms with E-state index in [1.807, 2.05) is 26.0 Å². The summed E-state index contributed by atoms with van der Waals surface area (Å²) >= 11 is 6.41. The molecule has 0 aliphatic heterocycles. The predicted octanol–water partition coefficient (Wildman–Crippen LogP) is 6.43. The van der Waals surface area contributed by atoms with Gasteiger partial charge >= 0.3 is 0 Å². The van der Waals surface area contributed by atoms with E-state index in [2.05, 4.69) is 11.1 Å². The molecule has 0 fully saturated rings. The minimum atomic E-state index is -0.308. The number of hydrogen-bond donors (Lipinski definition) is 0. The maximum Gasteiger partial charge on any atom is 0.180 e. The zero-order valence-corrected chi connectivity index (χ0v) is 16.8. The van der Waals surface area contributed by atoms with E-state index in [1.54, 1.807) is 37.6 Å². The van der Waals surface area contributed by atoms with Crippen molar-refractivity contribution in [3.05, 3.63) is 87.7 Å². The van der Waals surface area contributed by atoms with Crippen LogP contribution < -0.4 is 9.47 Å². The first-order valence-corrected chi connectivity index (χ1v) is 9.20. The van der Waals surface area contributed by atoms with Crippen LogP contribution in [0.4, 0.5) is 10.1 Å². The molecule has 0 saturated heterocycles. The van der Waals surface area contributed by atoms with Gasteiger partial charge in [0.2, 0.25) is 0 Å². The predicted molar refractivity (Wildman–Crippen MR) is 112 cm³/mol. The highest BCUT2D eigenvalue weighted by molar-refractivity contribution is 6.32. The molecule has 0 heterocycles. The van der Waals surface area contributed by atoms with Gasteiger partial charge in [-0.1, -0.05) is 35.9 Å². The second-order valence-corrected chi connectivity index (χ2v) is 6.91. The molecule has 3 rings (SSSR count). The molecule has 0 unspecified atom stereocenters. The van der Waals surface area contributed by atoms with Crippen molar-refractivity contribution in [1.29, 1.82) is 0 Å². The third-order valence-electron chi connectivity index (χ3n) is 4.24. The number of aryl methyl sites for hydroxylation is 2. The fraction of sp³-hybridized carbons (Fsp3) is 0.174. The van der Waals surface area contributed by atoms with Gasteiger partial charge in [0.1, 0.15) is 12.4 Å². The van der Waals surface area contributed by atoms with Crippen molar-refractivity contribution in [1.82, 2.24) is 0 Å². The second-order valence-electron chi connectivity index (χ2n) is 6.50. The van der Waals surface area contributed by atoms with Gasteiger partial charge in [-0.25, -0.2) is 4.39 Å². The Bertz CT molecular complexity index is 1020. The van der Waals surface area contributed by atoms with Crippen LogP contribution >= 0.6 is 11.6 Å². The number of rotatable bonds is 6. The molecule has 144 valence electrons. The molecule has 5 heteroatoms. The Morgan fingerprint density at radius 3 is 2.64 bits per heavy atom. The average Bonchev–Trinajstić information content (AvgIpc) is 2.67. The summed E-state index contributed by atoms with van der Waals surface area (Å²) in [5.41, 5.74) is 4.64. The number of nitrogens with zero attached hydrogens (tertiary/aromatic N) is 1. The molecule has 0 radical (unpaired) electrons. The summed E-state index contributed by atoms with van der Waals surface area (Å²) in [6, 6.07) is 15.9. The lowest BCUT2D eigenvalue weighted by Crippen LogP contribution is -2.00. The standard InChI is InChI=1S/C23H21ClFNO2/c1-15-7-8-16(2)21(9-15)26-13-18-11-20(24)23(22(12-18)27-3)28-14-17-5-4-6-19(25)10-17/h4-13H,14H2,1-3H3. The molecule has 0 bridgehead atoms. The van der Waals surface area contributed by atoms with E-state index in [0.717, 1.165) is 22.4 Å². The Morgan fingerprint density at radius 1 is 1.07 bits per heavy atom. The molecular weight excluding hydrogens is 377 g/mol. The van der Waals surface area contributed by atoms with Crippen LogP contribution in [0.2, 0.25) is 5.02 Å². The van der Waals surface area contributed by atoms with Gasteiger partial charge in [0.15, 0.2) is 11.5 Å². The summed E-state index contributed by atoms with van der Waals surface area (Å²) in [5, 5.41) is 0.401. The van der Waals surface area contributed by atoms with E-state index >= 15 is 0 Å². The zero-order valence-electron chi connectivity index (χ0n) is 16.0. The summed E-state index contributed by atoms with van der Waals surface area (Å²) in [6.45, 7) is 4.23. The number of aliphatic imine (C=N–C) groups is 1. The fourth-order valence-corrected chi connectivity index (χ4v) is 3.01. The highest BCUT2D eigenvalue weighted by Gasteiger charge is 2.12. The van der Waals surface area contributed by atoms with E-state index < -0.39 is 0 Å². The molecule has 0 saturated carbocycles. The van der Waals surface area contributed by atoms with Gasteiger partial charge in [0.25, 0.3) is 0 Å². The van der Waals surface area contributed by atoms with E-state index in [-0.39, 0.29) is 12.4 Å². The third kappa shape index (κ3) is 4.90. The number of ether oxygens (including phenoxy) is 2. The van der Waals surface area contributed by atoms with Crippen LogP contribution in [0.15, 0.2) is 59.6 Å². The molecule has 0 aromatic heterocycles. The third-order valence-corrected chi connectivity index (χ3v) is 4.52. The van der Waals surface area contributed by atoms with E-state index in [9.17, 15) is 4.39 Å². The van der Waals surface area contributed by atoms with Crippen LogP contribution in [0.3, 0.4) is 0 Å². The molecule has 0 spiro atoms. The quantitative estimate of drug-likeness (QED) is 0.448. The van der Waals surface area contributed by atoms with Gasteiger partial charge in [0, 0.05) is 6.21 Å². The lowest BCUT2D eigenvalue weighted by molar-refractivity contribution is 0.284. The molecule has 28 heavy (non-hydrogen) atoms. The van der Waals surface area contributed by atoms with Gasteiger partial charge in [-0.15, -0.1) is 0 Å². The molecule has 0 atom stereocenters. The molecule has 0 amide bonds. The average molecular weight is 398 g/mol. The first kappa shape index (κ1) is 19.9. The maximum absolute atomic E-state index is 13.3. The molecule has 0 aliphatic carbocycles. The van der Waals surface area contributed by atoms with Crippen molar-refractivity contribution < 1.29 is 13.9 Å². The Labute approximate surface area is 169 Å². The summed E-state index contributed by atoms with van der Waals surface area (Å²) < 4.78 is 24.5. The first-order chi connectivity index (χ1) is 13.5. The van der Waals surface area contributed by atoms with Crippen molar-refractivity contribution in [2.45, 2.75) is 20.5 Å². The molecule has 3 aromatic rings. The van der Waals surface area contributed by atoms with E-state index in [1.165, 1.54) is 12.1 Å². The maximum atomic E-state index is 13.3. The normalized spacial score (nSPS) is 11.0. The van der Waals surface area contributed by atoms with Crippen molar-refractivity contribution in [2.75, 3.05) is 7.11 Å². The number of methoxy groups -OCH3 is 1. The van der Waals surface area contributed by atoms with Gasteiger partial charge in [-0.2, -0.15) is 0 Å². The van der Waals surface area contributed by atoms with Crippen molar-refractivity contribution >= 4 is 23.5 Å². The lowest BCUT2D eigenvalue weighted by Gasteiger charge is -2.13.